The molecule has 0 spiro atoms. The van der Waals surface area contributed by atoms with Gasteiger partial charge >= 0.3 is 0 Å². The maximum Gasteiger partial charge on any atom is 0.159 e. The van der Waals surface area contributed by atoms with Crippen LogP contribution in [0.3, 0.4) is 0 Å². The number of para-hydroxylation sites is 1. The SMILES string of the molecule is CCc1ccccc1Nc1ncnc(Nc2cccnc2Cl)c1N. The smallest absolute Gasteiger partial charge is 0.159 e. The molecule has 0 saturated heterocycles. The van der Waals surface area contributed by atoms with Crippen molar-refractivity contribution in [2.75, 3.05) is 16.4 Å². The number of anilines is 5. The summed E-state index contributed by atoms with van der Waals surface area (Å²) < 4.78 is 0. The fraction of sp³-hybridized carbons (Fsp3) is 0.118. The highest BCUT2D eigenvalue weighted by Crippen LogP contribution is 2.30. The molecule has 3 rings (SSSR count). The van der Waals surface area contributed by atoms with Crippen LogP contribution in [0.25, 0.3) is 0 Å². The van der Waals surface area contributed by atoms with Gasteiger partial charge in [-0.1, -0.05) is 36.7 Å². The molecule has 0 saturated carbocycles. The lowest BCUT2D eigenvalue weighted by Crippen LogP contribution is -2.06. The van der Waals surface area contributed by atoms with Crippen LogP contribution in [0.1, 0.15) is 12.5 Å². The molecule has 0 radical (unpaired) electrons. The minimum absolute atomic E-state index is 0.348. The average Bonchev–Trinajstić information content (AvgIpc) is 2.61. The van der Waals surface area contributed by atoms with E-state index in [0.717, 1.165) is 12.1 Å². The Hall–Kier alpha value is -2.86. The molecule has 0 unspecified atom stereocenters. The molecule has 2 aromatic heterocycles. The van der Waals surface area contributed by atoms with E-state index in [-0.39, 0.29) is 0 Å². The number of aryl methyl sites for hydroxylation is 1. The van der Waals surface area contributed by atoms with Crippen LogP contribution in [0.5, 0.6) is 0 Å². The molecule has 122 valence electrons. The number of nitrogens with two attached hydrogens (primary N) is 1. The van der Waals surface area contributed by atoms with E-state index in [4.69, 9.17) is 17.3 Å². The predicted octanol–water partition coefficient (Wildman–Crippen LogP) is 4.16. The summed E-state index contributed by atoms with van der Waals surface area (Å²) >= 11 is 6.06. The van der Waals surface area contributed by atoms with Gasteiger partial charge in [-0.25, -0.2) is 15.0 Å². The second-order valence-corrected chi connectivity index (χ2v) is 5.45. The molecule has 24 heavy (non-hydrogen) atoms. The molecular formula is C17H17ClN6. The van der Waals surface area contributed by atoms with Gasteiger partial charge in [0.15, 0.2) is 16.8 Å². The summed E-state index contributed by atoms with van der Waals surface area (Å²) in [6, 6.07) is 11.6. The lowest BCUT2D eigenvalue weighted by Gasteiger charge is -2.14. The van der Waals surface area contributed by atoms with Crippen molar-refractivity contribution in [2.24, 2.45) is 0 Å². The first-order chi connectivity index (χ1) is 11.7. The Morgan fingerprint density at radius 3 is 2.33 bits per heavy atom. The molecule has 0 aliphatic carbocycles. The van der Waals surface area contributed by atoms with E-state index in [1.165, 1.54) is 11.9 Å². The zero-order chi connectivity index (χ0) is 16.9. The van der Waals surface area contributed by atoms with Gasteiger partial charge in [0.25, 0.3) is 0 Å². The van der Waals surface area contributed by atoms with Crippen LogP contribution in [0.15, 0.2) is 48.9 Å². The van der Waals surface area contributed by atoms with Gasteiger partial charge in [-0.2, -0.15) is 0 Å². The highest BCUT2D eigenvalue weighted by atomic mass is 35.5. The molecule has 3 aromatic rings. The first-order valence-electron chi connectivity index (χ1n) is 7.52. The summed E-state index contributed by atoms with van der Waals surface area (Å²) in [5.74, 6) is 1.00. The quantitative estimate of drug-likeness (QED) is 0.604. The number of halogens is 1. The molecule has 0 aliphatic heterocycles. The van der Waals surface area contributed by atoms with Crippen molar-refractivity contribution in [1.29, 1.82) is 0 Å². The van der Waals surface area contributed by atoms with Crippen molar-refractivity contribution in [3.8, 4) is 0 Å². The number of benzene rings is 1. The first kappa shape index (κ1) is 16.0. The van der Waals surface area contributed by atoms with Gasteiger partial charge in [0.05, 0.1) is 5.69 Å². The molecule has 0 fully saturated rings. The largest absolute Gasteiger partial charge is 0.393 e. The van der Waals surface area contributed by atoms with Crippen LogP contribution in [-0.4, -0.2) is 15.0 Å². The van der Waals surface area contributed by atoms with Gasteiger partial charge in [-0.05, 0) is 30.2 Å². The van der Waals surface area contributed by atoms with Crippen LogP contribution < -0.4 is 16.4 Å². The Morgan fingerprint density at radius 2 is 1.62 bits per heavy atom. The normalized spacial score (nSPS) is 10.4. The molecule has 0 atom stereocenters. The van der Waals surface area contributed by atoms with Crippen molar-refractivity contribution in [2.45, 2.75) is 13.3 Å². The zero-order valence-electron chi connectivity index (χ0n) is 13.1. The molecule has 2 heterocycles. The minimum atomic E-state index is 0.348. The third kappa shape index (κ3) is 3.38. The summed E-state index contributed by atoms with van der Waals surface area (Å²) in [6.45, 7) is 2.10. The van der Waals surface area contributed by atoms with E-state index in [0.29, 0.717) is 28.2 Å². The summed E-state index contributed by atoms with van der Waals surface area (Å²) in [7, 11) is 0. The minimum Gasteiger partial charge on any atom is -0.393 e. The third-order valence-corrected chi connectivity index (χ3v) is 3.85. The summed E-state index contributed by atoms with van der Waals surface area (Å²) in [5, 5.41) is 6.70. The molecule has 0 amide bonds. The van der Waals surface area contributed by atoms with Crippen molar-refractivity contribution in [3.63, 3.8) is 0 Å². The number of hydrogen-bond acceptors (Lipinski definition) is 6. The van der Waals surface area contributed by atoms with Crippen LogP contribution in [0.2, 0.25) is 5.15 Å². The van der Waals surface area contributed by atoms with Gasteiger partial charge in [0.2, 0.25) is 0 Å². The molecule has 4 N–H and O–H groups in total. The first-order valence-corrected chi connectivity index (χ1v) is 7.89. The molecule has 7 heteroatoms. The highest BCUT2D eigenvalue weighted by Gasteiger charge is 2.11. The Kier molecular flexibility index (Phi) is 4.77. The molecule has 0 aliphatic rings. The van der Waals surface area contributed by atoms with Gasteiger partial charge in [-0.3, -0.25) is 0 Å². The Balaban J connectivity index is 1.90. The number of aromatic nitrogens is 3. The lowest BCUT2D eigenvalue weighted by molar-refractivity contribution is 1.13. The van der Waals surface area contributed by atoms with E-state index >= 15 is 0 Å². The van der Waals surface area contributed by atoms with Crippen LogP contribution in [0, 0.1) is 0 Å². The fourth-order valence-electron chi connectivity index (χ4n) is 2.28. The van der Waals surface area contributed by atoms with E-state index in [9.17, 15) is 0 Å². The topological polar surface area (TPSA) is 88.8 Å². The summed E-state index contributed by atoms with van der Waals surface area (Å²) in [6.07, 6.45) is 3.97. The van der Waals surface area contributed by atoms with Crippen molar-refractivity contribution in [1.82, 2.24) is 15.0 Å². The van der Waals surface area contributed by atoms with Crippen molar-refractivity contribution < 1.29 is 0 Å². The monoisotopic (exact) mass is 340 g/mol. The number of rotatable bonds is 5. The maximum atomic E-state index is 6.21. The number of nitrogens with zero attached hydrogens (tertiary/aromatic N) is 3. The molecule has 0 bridgehead atoms. The Labute approximate surface area is 145 Å². The van der Waals surface area contributed by atoms with Crippen LogP contribution in [-0.2, 0) is 6.42 Å². The van der Waals surface area contributed by atoms with E-state index < -0.39 is 0 Å². The lowest BCUT2D eigenvalue weighted by atomic mass is 10.1. The molecular weight excluding hydrogens is 324 g/mol. The van der Waals surface area contributed by atoms with Gasteiger partial charge in [-0.15, -0.1) is 0 Å². The van der Waals surface area contributed by atoms with E-state index in [1.54, 1.807) is 18.3 Å². The molecule has 1 aromatic carbocycles. The predicted molar refractivity (Wildman–Crippen MR) is 98.1 cm³/mol. The number of hydrogen-bond donors (Lipinski definition) is 3. The zero-order valence-corrected chi connectivity index (χ0v) is 13.9. The van der Waals surface area contributed by atoms with Crippen molar-refractivity contribution >= 4 is 40.3 Å². The fourth-order valence-corrected chi connectivity index (χ4v) is 2.45. The average molecular weight is 341 g/mol. The Morgan fingerprint density at radius 1 is 0.958 bits per heavy atom. The standard InChI is InChI=1S/C17H17ClN6/c1-2-11-6-3-4-7-12(11)23-16-14(19)17(22-10-21-16)24-13-8-5-9-20-15(13)18/h3-10H,2,19H2,1H3,(H2,21,22,23,24). The van der Waals surface area contributed by atoms with Crippen LogP contribution in [0.4, 0.5) is 28.7 Å². The van der Waals surface area contributed by atoms with Crippen molar-refractivity contribution in [3.05, 3.63) is 59.6 Å². The Bertz CT molecular complexity index is 852. The summed E-state index contributed by atoms with van der Waals surface area (Å²) in [4.78, 5) is 12.4. The third-order valence-electron chi connectivity index (χ3n) is 3.55. The van der Waals surface area contributed by atoms with Gasteiger partial charge < -0.3 is 16.4 Å². The second kappa shape index (κ2) is 7.14. The van der Waals surface area contributed by atoms with E-state index in [1.807, 2.05) is 18.2 Å². The number of nitrogen functional groups attached to an aromatic ring is 1. The van der Waals surface area contributed by atoms with Gasteiger partial charge in [0.1, 0.15) is 12.0 Å². The maximum absolute atomic E-state index is 6.21. The number of nitrogens with one attached hydrogen (secondary N) is 2. The van der Waals surface area contributed by atoms with E-state index in [2.05, 4.69) is 38.6 Å². The van der Waals surface area contributed by atoms with Crippen LogP contribution >= 0.6 is 11.6 Å². The van der Waals surface area contributed by atoms with Gasteiger partial charge in [0, 0.05) is 11.9 Å². The summed E-state index contributed by atoms with van der Waals surface area (Å²) in [5.41, 5.74) is 9.39. The second-order valence-electron chi connectivity index (χ2n) is 5.09. The molecule has 6 nitrogen and oxygen atoms in total. The highest BCUT2D eigenvalue weighted by molar-refractivity contribution is 6.32. The number of pyridine rings is 1.